The van der Waals surface area contributed by atoms with Crippen LogP contribution in [0.1, 0.15) is 40.5 Å². The molecule has 0 aliphatic carbocycles. The maximum absolute atomic E-state index is 11.8. The summed E-state index contributed by atoms with van der Waals surface area (Å²) in [5.41, 5.74) is -0.210. The second-order valence-corrected chi connectivity index (χ2v) is 4.74. The van der Waals surface area contributed by atoms with Gasteiger partial charge in [-0.05, 0) is 19.8 Å². The van der Waals surface area contributed by atoms with Crippen LogP contribution in [0.4, 0.5) is 0 Å². The van der Waals surface area contributed by atoms with Crippen molar-refractivity contribution in [2.45, 2.75) is 46.6 Å². The molecule has 1 unspecified atom stereocenters. The molecule has 0 radical (unpaired) electrons. The van der Waals surface area contributed by atoms with Crippen LogP contribution in [-0.4, -0.2) is 23.4 Å². The molecular weight excluding hydrogens is 150 g/mol. The Kier molecular flexibility index (Phi) is 2.45. The molecule has 0 bridgehead atoms. The Balaban J connectivity index is 2.64. The molecule has 1 heterocycles. The summed E-state index contributed by atoms with van der Waals surface area (Å²) in [5.74, 6) is 0.299. The van der Waals surface area contributed by atoms with Crippen molar-refractivity contribution in [2.24, 2.45) is 5.41 Å². The molecule has 1 aliphatic rings. The van der Waals surface area contributed by atoms with Crippen LogP contribution in [0.15, 0.2) is 0 Å². The maximum atomic E-state index is 11.8. The van der Waals surface area contributed by atoms with E-state index in [0.717, 1.165) is 6.54 Å². The second kappa shape index (κ2) is 3.08. The van der Waals surface area contributed by atoms with Gasteiger partial charge in [-0.2, -0.15) is 0 Å². The average molecular weight is 169 g/mol. The average Bonchev–Trinajstić information content (AvgIpc) is 2.31. The van der Waals surface area contributed by atoms with Crippen LogP contribution in [0.2, 0.25) is 0 Å². The lowest BCUT2D eigenvalue weighted by molar-refractivity contribution is -0.139. The first-order chi connectivity index (χ1) is 5.43. The summed E-state index contributed by atoms with van der Waals surface area (Å²) in [6, 6.07) is 0.455. The summed E-state index contributed by atoms with van der Waals surface area (Å²) in [6.45, 7) is 9.05. The second-order valence-electron chi connectivity index (χ2n) is 4.74. The lowest BCUT2D eigenvalue weighted by Gasteiger charge is -2.29. The van der Waals surface area contributed by atoms with Gasteiger partial charge in [0.25, 0.3) is 0 Å². The molecule has 0 N–H and O–H groups in total. The molecule has 70 valence electrons. The predicted octanol–water partition coefficient (Wildman–Crippen LogP) is 2.04. The largest absolute Gasteiger partial charge is 0.340 e. The lowest BCUT2D eigenvalue weighted by Crippen LogP contribution is -2.41. The molecule has 1 fully saturated rings. The van der Waals surface area contributed by atoms with Crippen LogP contribution in [0.25, 0.3) is 0 Å². The molecule has 0 spiro atoms. The number of amides is 1. The molecule has 12 heavy (non-hydrogen) atoms. The zero-order chi connectivity index (χ0) is 9.35. The van der Waals surface area contributed by atoms with E-state index in [2.05, 4.69) is 6.92 Å². The lowest BCUT2D eigenvalue weighted by atomic mass is 9.94. The SMILES string of the molecule is CC1CCCN1C(=O)C(C)(C)C. The van der Waals surface area contributed by atoms with Crippen LogP contribution in [0.3, 0.4) is 0 Å². The molecule has 1 aliphatic heterocycles. The molecule has 1 rings (SSSR count). The van der Waals surface area contributed by atoms with Crippen LogP contribution in [0, 0.1) is 5.41 Å². The van der Waals surface area contributed by atoms with E-state index < -0.39 is 0 Å². The number of nitrogens with zero attached hydrogens (tertiary/aromatic N) is 1. The maximum Gasteiger partial charge on any atom is 0.228 e. The van der Waals surface area contributed by atoms with Crippen molar-refractivity contribution in [3.05, 3.63) is 0 Å². The summed E-state index contributed by atoms with van der Waals surface area (Å²) in [5, 5.41) is 0. The first kappa shape index (κ1) is 9.56. The summed E-state index contributed by atoms with van der Waals surface area (Å²) in [6.07, 6.45) is 2.34. The Bertz CT molecular complexity index is 181. The fourth-order valence-electron chi connectivity index (χ4n) is 1.67. The summed E-state index contributed by atoms with van der Waals surface area (Å²) >= 11 is 0. The third-order valence-corrected chi connectivity index (χ3v) is 2.46. The summed E-state index contributed by atoms with van der Waals surface area (Å²) < 4.78 is 0. The number of rotatable bonds is 0. The summed E-state index contributed by atoms with van der Waals surface area (Å²) in [4.78, 5) is 13.8. The highest BCUT2D eigenvalue weighted by molar-refractivity contribution is 5.82. The van der Waals surface area contributed by atoms with Crippen LogP contribution >= 0.6 is 0 Å². The molecular formula is C10H19NO. The Morgan fingerprint density at radius 1 is 1.42 bits per heavy atom. The van der Waals surface area contributed by atoms with Gasteiger partial charge in [-0.15, -0.1) is 0 Å². The monoisotopic (exact) mass is 169 g/mol. The van der Waals surface area contributed by atoms with E-state index in [-0.39, 0.29) is 5.41 Å². The minimum atomic E-state index is -0.210. The smallest absolute Gasteiger partial charge is 0.228 e. The van der Waals surface area contributed by atoms with Gasteiger partial charge in [0.05, 0.1) is 0 Å². The molecule has 1 atom stereocenters. The predicted molar refractivity (Wildman–Crippen MR) is 49.9 cm³/mol. The van der Waals surface area contributed by atoms with E-state index in [0.29, 0.717) is 11.9 Å². The number of carbonyl (C=O) groups is 1. The first-order valence-electron chi connectivity index (χ1n) is 4.74. The van der Waals surface area contributed by atoms with E-state index in [4.69, 9.17) is 0 Å². The van der Waals surface area contributed by atoms with Crippen molar-refractivity contribution in [1.29, 1.82) is 0 Å². The van der Waals surface area contributed by atoms with Crippen molar-refractivity contribution in [3.63, 3.8) is 0 Å². The molecule has 0 saturated carbocycles. The zero-order valence-electron chi connectivity index (χ0n) is 8.55. The number of hydrogen-bond acceptors (Lipinski definition) is 1. The van der Waals surface area contributed by atoms with Crippen molar-refractivity contribution in [1.82, 2.24) is 4.90 Å². The van der Waals surface area contributed by atoms with E-state index in [1.807, 2.05) is 25.7 Å². The molecule has 1 saturated heterocycles. The van der Waals surface area contributed by atoms with E-state index in [1.54, 1.807) is 0 Å². The molecule has 2 heteroatoms. The van der Waals surface area contributed by atoms with Gasteiger partial charge in [0.1, 0.15) is 0 Å². The highest BCUT2D eigenvalue weighted by atomic mass is 16.2. The van der Waals surface area contributed by atoms with Gasteiger partial charge in [0.15, 0.2) is 0 Å². The Morgan fingerprint density at radius 2 is 2.00 bits per heavy atom. The molecule has 2 nitrogen and oxygen atoms in total. The van der Waals surface area contributed by atoms with Gasteiger partial charge in [-0.3, -0.25) is 4.79 Å². The van der Waals surface area contributed by atoms with Gasteiger partial charge in [-0.1, -0.05) is 20.8 Å². The Morgan fingerprint density at radius 3 is 2.33 bits per heavy atom. The van der Waals surface area contributed by atoms with Gasteiger partial charge in [-0.25, -0.2) is 0 Å². The number of likely N-dealkylation sites (tertiary alicyclic amines) is 1. The van der Waals surface area contributed by atoms with Crippen molar-refractivity contribution in [3.8, 4) is 0 Å². The van der Waals surface area contributed by atoms with Crippen molar-refractivity contribution < 1.29 is 4.79 Å². The standard InChI is InChI=1S/C10H19NO/c1-8-6-5-7-11(8)9(12)10(2,3)4/h8H,5-7H2,1-4H3. The Labute approximate surface area is 74.9 Å². The fraction of sp³-hybridized carbons (Fsp3) is 0.900. The first-order valence-corrected chi connectivity index (χ1v) is 4.74. The molecule has 0 aromatic rings. The topological polar surface area (TPSA) is 20.3 Å². The van der Waals surface area contributed by atoms with Crippen LogP contribution in [0.5, 0.6) is 0 Å². The third kappa shape index (κ3) is 1.79. The van der Waals surface area contributed by atoms with E-state index >= 15 is 0 Å². The van der Waals surface area contributed by atoms with Gasteiger partial charge in [0.2, 0.25) is 5.91 Å². The molecule has 0 aromatic heterocycles. The number of hydrogen-bond donors (Lipinski definition) is 0. The third-order valence-electron chi connectivity index (χ3n) is 2.46. The quantitative estimate of drug-likeness (QED) is 0.543. The fourth-order valence-corrected chi connectivity index (χ4v) is 1.67. The van der Waals surface area contributed by atoms with E-state index in [1.165, 1.54) is 12.8 Å². The van der Waals surface area contributed by atoms with Gasteiger partial charge < -0.3 is 4.90 Å². The van der Waals surface area contributed by atoms with Crippen LogP contribution in [-0.2, 0) is 4.79 Å². The van der Waals surface area contributed by atoms with Crippen LogP contribution < -0.4 is 0 Å². The highest BCUT2D eigenvalue weighted by Gasteiger charge is 2.32. The zero-order valence-corrected chi connectivity index (χ0v) is 8.55. The Hall–Kier alpha value is -0.530. The van der Waals surface area contributed by atoms with Gasteiger partial charge in [0, 0.05) is 18.0 Å². The van der Waals surface area contributed by atoms with E-state index in [9.17, 15) is 4.79 Å². The summed E-state index contributed by atoms with van der Waals surface area (Å²) in [7, 11) is 0. The highest BCUT2D eigenvalue weighted by Crippen LogP contribution is 2.24. The van der Waals surface area contributed by atoms with Gasteiger partial charge >= 0.3 is 0 Å². The minimum absolute atomic E-state index is 0.210. The normalized spacial score (nSPS) is 24.7. The minimum Gasteiger partial charge on any atom is -0.340 e. The van der Waals surface area contributed by atoms with Crippen molar-refractivity contribution in [2.75, 3.05) is 6.54 Å². The molecule has 0 aromatic carbocycles. The number of carbonyl (C=O) groups excluding carboxylic acids is 1. The molecule has 1 amide bonds. The van der Waals surface area contributed by atoms with Crippen molar-refractivity contribution >= 4 is 5.91 Å².